The Morgan fingerprint density at radius 2 is 2.11 bits per heavy atom. The standard InChI is InChI=1S/C14H19ClN2O/c1-5-9-17(14(2,3)4)13(18)10-7-6-8-11(16)12(10)15/h5-8H,1,9,16H2,2-4H3. The molecule has 0 unspecified atom stereocenters. The summed E-state index contributed by atoms with van der Waals surface area (Å²) < 4.78 is 0. The van der Waals surface area contributed by atoms with Gasteiger partial charge in [0.15, 0.2) is 0 Å². The van der Waals surface area contributed by atoms with Crippen molar-refractivity contribution in [3.63, 3.8) is 0 Å². The van der Waals surface area contributed by atoms with Gasteiger partial charge in [0.1, 0.15) is 0 Å². The number of halogens is 1. The Morgan fingerprint density at radius 1 is 1.50 bits per heavy atom. The summed E-state index contributed by atoms with van der Waals surface area (Å²) in [5.74, 6) is -0.139. The molecule has 0 radical (unpaired) electrons. The zero-order valence-electron chi connectivity index (χ0n) is 11.0. The Morgan fingerprint density at radius 3 is 2.61 bits per heavy atom. The van der Waals surface area contributed by atoms with Crippen LogP contribution in [0.5, 0.6) is 0 Å². The van der Waals surface area contributed by atoms with Crippen molar-refractivity contribution in [2.45, 2.75) is 26.3 Å². The van der Waals surface area contributed by atoms with Crippen molar-refractivity contribution in [1.82, 2.24) is 4.90 Å². The van der Waals surface area contributed by atoms with E-state index in [0.717, 1.165) is 0 Å². The molecular formula is C14H19ClN2O. The van der Waals surface area contributed by atoms with Crippen LogP contribution in [0.4, 0.5) is 5.69 Å². The van der Waals surface area contributed by atoms with Gasteiger partial charge in [0.25, 0.3) is 5.91 Å². The predicted octanol–water partition coefficient (Wildman–Crippen LogP) is 3.35. The summed E-state index contributed by atoms with van der Waals surface area (Å²) >= 11 is 6.08. The molecule has 0 aliphatic rings. The lowest BCUT2D eigenvalue weighted by Gasteiger charge is -2.35. The van der Waals surface area contributed by atoms with Gasteiger partial charge < -0.3 is 10.6 Å². The smallest absolute Gasteiger partial charge is 0.256 e. The molecule has 0 saturated carbocycles. The van der Waals surface area contributed by atoms with Gasteiger partial charge in [-0.1, -0.05) is 23.7 Å². The average molecular weight is 267 g/mol. The highest BCUT2D eigenvalue weighted by Gasteiger charge is 2.27. The molecule has 0 heterocycles. The SMILES string of the molecule is C=CCN(C(=O)c1cccc(N)c1Cl)C(C)(C)C. The number of amides is 1. The van der Waals surface area contributed by atoms with Gasteiger partial charge >= 0.3 is 0 Å². The van der Waals surface area contributed by atoms with E-state index in [1.54, 1.807) is 29.2 Å². The average Bonchev–Trinajstić information content (AvgIpc) is 2.27. The number of hydrogen-bond donors (Lipinski definition) is 1. The number of benzene rings is 1. The molecule has 1 aromatic carbocycles. The van der Waals surface area contributed by atoms with Gasteiger partial charge in [0.2, 0.25) is 0 Å². The van der Waals surface area contributed by atoms with Crippen LogP contribution in [0.25, 0.3) is 0 Å². The van der Waals surface area contributed by atoms with Crippen LogP contribution in [0.1, 0.15) is 31.1 Å². The number of nitrogens with two attached hydrogens (primary N) is 1. The number of hydrogen-bond acceptors (Lipinski definition) is 2. The Labute approximate surface area is 113 Å². The van der Waals surface area contributed by atoms with E-state index < -0.39 is 0 Å². The highest BCUT2D eigenvalue weighted by molar-refractivity contribution is 6.36. The lowest BCUT2D eigenvalue weighted by atomic mass is 10.0. The second-order valence-corrected chi connectivity index (χ2v) is 5.46. The van der Waals surface area contributed by atoms with E-state index in [2.05, 4.69) is 6.58 Å². The Bertz CT molecular complexity index is 463. The van der Waals surface area contributed by atoms with Crippen molar-refractivity contribution >= 4 is 23.2 Å². The molecule has 1 amide bonds. The summed E-state index contributed by atoms with van der Waals surface area (Å²) in [5.41, 5.74) is 6.25. The number of anilines is 1. The van der Waals surface area contributed by atoms with E-state index >= 15 is 0 Å². The largest absolute Gasteiger partial charge is 0.398 e. The van der Waals surface area contributed by atoms with Gasteiger partial charge in [-0.3, -0.25) is 4.79 Å². The molecule has 2 N–H and O–H groups in total. The molecule has 0 bridgehead atoms. The molecular weight excluding hydrogens is 248 g/mol. The van der Waals surface area contributed by atoms with Gasteiger partial charge in [-0.05, 0) is 32.9 Å². The molecule has 0 aromatic heterocycles. The second kappa shape index (κ2) is 5.44. The summed E-state index contributed by atoms with van der Waals surface area (Å²) in [5, 5.41) is 0.306. The number of nitrogen functional groups attached to an aromatic ring is 1. The van der Waals surface area contributed by atoms with Gasteiger partial charge in [-0.15, -0.1) is 6.58 Å². The zero-order valence-corrected chi connectivity index (χ0v) is 11.8. The van der Waals surface area contributed by atoms with Crippen LogP contribution in [0.15, 0.2) is 30.9 Å². The maximum atomic E-state index is 12.5. The van der Waals surface area contributed by atoms with Crippen LogP contribution < -0.4 is 5.73 Å². The molecule has 4 heteroatoms. The van der Waals surface area contributed by atoms with Crippen LogP contribution in [0, 0.1) is 0 Å². The topological polar surface area (TPSA) is 46.3 Å². The van der Waals surface area contributed by atoms with Crippen molar-refractivity contribution in [2.75, 3.05) is 12.3 Å². The van der Waals surface area contributed by atoms with E-state index in [1.807, 2.05) is 20.8 Å². The Balaban J connectivity index is 3.18. The minimum absolute atomic E-state index is 0.139. The first-order chi connectivity index (χ1) is 8.29. The van der Waals surface area contributed by atoms with E-state index in [-0.39, 0.29) is 11.4 Å². The van der Waals surface area contributed by atoms with Gasteiger partial charge in [0.05, 0.1) is 16.3 Å². The fourth-order valence-electron chi connectivity index (χ4n) is 1.65. The highest BCUT2D eigenvalue weighted by atomic mass is 35.5. The molecule has 1 rings (SSSR count). The lowest BCUT2D eigenvalue weighted by Crippen LogP contribution is -2.45. The first-order valence-electron chi connectivity index (χ1n) is 5.76. The molecule has 0 aliphatic heterocycles. The summed E-state index contributed by atoms with van der Waals surface area (Å²) in [7, 11) is 0. The minimum atomic E-state index is -0.306. The molecule has 18 heavy (non-hydrogen) atoms. The molecule has 98 valence electrons. The van der Waals surface area contributed by atoms with Crippen LogP contribution in [-0.2, 0) is 0 Å². The third kappa shape index (κ3) is 3.05. The molecule has 0 fully saturated rings. The molecule has 1 aromatic rings. The molecule has 0 spiro atoms. The monoisotopic (exact) mass is 266 g/mol. The lowest BCUT2D eigenvalue weighted by molar-refractivity contribution is 0.0617. The first kappa shape index (κ1) is 14.6. The van der Waals surface area contributed by atoms with E-state index in [1.165, 1.54) is 0 Å². The third-order valence-electron chi connectivity index (χ3n) is 2.63. The van der Waals surface area contributed by atoms with E-state index in [4.69, 9.17) is 17.3 Å². The Hall–Kier alpha value is -1.48. The fraction of sp³-hybridized carbons (Fsp3) is 0.357. The second-order valence-electron chi connectivity index (χ2n) is 5.08. The molecule has 3 nitrogen and oxygen atoms in total. The maximum absolute atomic E-state index is 12.5. The minimum Gasteiger partial charge on any atom is -0.398 e. The van der Waals surface area contributed by atoms with Crippen LogP contribution in [0.2, 0.25) is 5.02 Å². The highest BCUT2D eigenvalue weighted by Crippen LogP contribution is 2.26. The van der Waals surface area contributed by atoms with E-state index in [9.17, 15) is 4.79 Å². The van der Waals surface area contributed by atoms with Gasteiger partial charge in [-0.25, -0.2) is 0 Å². The van der Waals surface area contributed by atoms with Crippen molar-refractivity contribution in [3.05, 3.63) is 41.4 Å². The predicted molar refractivity (Wildman–Crippen MR) is 76.9 cm³/mol. The number of carbonyl (C=O) groups is 1. The van der Waals surface area contributed by atoms with Gasteiger partial charge in [-0.2, -0.15) is 0 Å². The summed E-state index contributed by atoms with van der Waals surface area (Å²) in [6.07, 6.45) is 1.70. The van der Waals surface area contributed by atoms with Crippen LogP contribution >= 0.6 is 11.6 Å². The van der Waals surface area contributed by atoms with Gasteiger partial charge in [0, 0.05) is 12.1 Å². The Kier molecular flexibility index (Phi) is 4.41. The number of nitrogens with zero attached hydrogens (tertiary/aromatic N) is 1. The van der Waals surface area contributed by atoms with Crippen LogP contribution in [0.3, 0.4) is 0 Å². The van der Waals surface area contributed by atoms with Crippen molar-refractivity contribution in [2.24, 2.45) is 0 Å². The normalized spacial score (nSPS) is 11.1. The molecule has 0 aliphatic carbocycles. The van der Waals surface area contributed by atoms with Crippen LogP contribution in [-0.4, -0.2) is 22.9 Å². The fourth-order valence-corrected chi connectivity index (χ4v) is 1.86. The quantitative estimate of drug-likeness (QED) is 0.674. The first-order valence-corrected chi connectivity index (χ1v) is 6.13. The maximum Gasteiger partial charge on any atom is 0.256 e. The summed E-state index contributed by atoms with van der Waals surface area (Å²) in [6.45, 7) is 10.0. The molecule has 0 atom stereocenters. The third-order valence-corrected chi connectivity index (χ3v) is 3.05. The van der Waals surface area contributed by atoms with Crippen molar-refractivity contribution in [3.8, 4) is 0 Å². The molecule has 0 saturated heterocycles. The number of carbonyl (C=O) groups excluding carboxylic acids is 1. The van der Waals surface area contributed by atoms with E-state index in [0.29, 0.717) is 22.8 Å². The van der Waals surface area contributed by atoms with Crippen molar-refractivity contribution < 1.29 is 4.79 Å². The zero-order chi connectivity index (χ0) is 13.9. The number of rotatable bonds is 3. The van der Waals surface area contributed by atoms with Crippen molar-refractivity contribution in [1.29, 1.82) is 0 Å². The summed E-state index contributed by atoms with van der Waals surface area (Å²) in [4.78, 5) is 14.2. The summed E-state index contributed by atoms with van der Waals surface area (Å²) in [6, 6.07) is 5.08.